The van der Waals surface area contributed by atoms with Crippen molar-refractivity contribution in [2.75, 3.05) is 19.8 Å². The number of hydrogen-bond acceptors (Lipinski definition) is 3. The van der Waals surface area contributed by atoms with Crippen LogP contribution in [0.15, 0.2) is 18.2 Å². The van der Waals surface area contributed by atoms with Crippen LogP contribution in [-0.4, -0.2) is 36.9 Å². The second kappa shape index (κ2) is 9.11. The minimum absolute atomic E-state index is 0.0218. The maximum atomic E-state index is 13.9. The lowest BCUT2D eigenvalue weighted by molar-refractivity contribution is 0.0693. The molecule has 0 aromatic heterocycles. The number of benzene rings is 1. The number of aliphatic hydroxyl groups is 1. The number of amides is 1. The third-order valence-corrected chi connectivity index (χ3v) is 2.68. The molecule has 0 aliphatic heterocycles. The summed E-state index contributed by atoms with van der Waals surface area (Å²) in [5.41, 5.74) is 0.451. The molecular weight excluding hydrogens is 273 g/mol. The zero-order valence-corrected chi connectivity index (χ0v) is 12.3. The van der Waals surface area contributed by atoms with E-state index in [1.807, 2.05) is 13.8 Å². The maximum Gasteiger partial charge on any atom is 0.254 e. The topological polar surface area (TPSA) is 58.6 Å². The van der Waals surface area contributed by atoms with Crippen LogP contribution in [0, 0.1) is 17.7 Å². The Morgan fingerprint density at radius 3 is 2.90 bits per heavy atom. The van der Waals surface area contributed by atoms with Crippen molar-refractivity contribution in [2.45, 2.75) is 26.4 Å². The van der Waals surface area contributed by atoms with Crippen LogP contribution in [0.25, 0.3) is 0 Å². The lowest BCUT2D eigenvalue weighted by Crippen LogP contribution is -2.32. The van der Waals surface area contributed by atoms with Gasteiger partial charge in [0.1, 0.15) is 5.82 Å². The largest absolute Gasteiger partial charge is 0.395 e. The lowest BCUT2D eigenvalue weighted by atomic mass is 10.1. The highest BCUT2D eigenvalue weighted by Crippen LogP contribution is 2.10. The Hall–Kier alpha value is -1.90. The molecule has 0 aliphatic carbocycles. The highest BCUT2D eigenvalue weighted by atomic mass is 19.1. The first kappa shape index (κ1) is 17.2. The van der Waals surface area contributed by atoms with E-state index in [2.05, 4.69) is 17.2 Å². The number of ether oxygens (including phenoxy) is 1. The molecule has 0 aliphatic rings. The zero-order chi connectivity index (χ0) is 15.7. The molecule has 0 spiro atoms. The third kappa shape index (κ3) is 5.94. The minimum atomic E-state index is -0.618. The molecule has 0 fully saturated rings. The Labute approximate surface area is 124 Å². The summed E-state index contributed by atoms with van der Waals surface area (Å²) in [5.74, 6) is 4.32. The number of rotatable bonds is 6. The summed E-state index contributed by atoms with van der Waals surface area (Å²) in [6, 6.07) is 4.19. The van der Waals surface area contributed by atoms with Crippen molar-refractivity contribution in [1.29, 1.82) is 0 Å². The highest BCUT2D eigenvalue weighted by Gasteiger charge is 2.12. The van der Waals surface area contributed by atoms with Gasteiger partial charge in [0.25, 0.3) is 5.91 Å². The molecule has 4 nitrogen and oxygen atoms in total. The van der Waals surface area contributed by atoms with Gasteiger partial charge >= 0.3 is 0 Å². The fourth-order valence-corrected chi connectivity index (χ4v) is 1.67. The van der Waals surface area contributed by atoms with Gasteiger partial charge in [-0.3, -0.25) is 4.79 Å². The third-order valence-electron chi connectivity index (χ3n) is 2.68. The normalized spacial score (nSPS) is 11.4. The van der Waals surface area contributed by atoms with Gasteiger partial charge in [0.05, 0.1) is 18.3 Å². The van der Waals surface area contributed by atoms with E-state index in [1.165, 1.54) is 12.1 Å². The van der Waals surface area contributed by atoms with Crippen LogP contribution in [-0.2, 0) is 4.74 Å². The molecule has 0 saturated carbocycles. The first-order valence-corrected chi connectivity index (χ1v) is 6.87. The smallest absolute Gasteiger partial charge is 0.254 e. The van der Waals surface area contributed by atoms with Gasteiger partial charge in [0.15, 0.2) is 0 Å². The fourth-order valence-electron chi connectivity index (χ4n) is 1.67. The Balaban J connectivity index is 2.67. The number of carbonyl (C=O) groups is 1. The van der Waals surface area contributed by atoms with E-state index in [0.29, 0.717) is 25.1 Å². The maximum absolute atomic E-state index is 13.9. The average molecular weight is 293 g/mol. The quantitative estimate of drug-likeness (QED) is 0.785. The molecular formula is C16H20FNO3. The average Bonchev–Trinajstić information content (AvgIpc) is 2.45. The molecule has 1 aromatic rings. The summed E-state index contributed by atoms with van der Waals surface area (Å²) >= 11 is 0. The van der Waals surface area contributed by atoms with E-state index in [-0.39, 0.29) is 18.3 Å². The molecule has 0 bridgehead atoms. The Bertz CT molecular complexity index is 534. The van der Waals surface area contributed by atoms with Crippen LogP contribution >= 0.6 is 0 Å². The molecule has 21 heavy (non-hydrogen) atoms. The molecule has 1 amide bonds. The molecule has 1 unspecified atom stereocenters. The molecule has 1 rings (SSSR count). The van der Waals surface area contributed by atoms with Gasteiger partial charge in [0, 0.05) is 25.1 Å². The molecule has 2 N–H and O–H groups in total. The molecule has 0 radical (unpaired) electrons. The molecule has 5 heteroatoms. The SMILES string of the molecule is CCOC(C)CNC(=O)c1ccc(C#CCCO)cc1F. The second-order valence-electron chi connectivity index (χ2n) is 4.45. The number of halogens is 1. The van der Waals surface area contributed by atoms with Crippen molar-refractivity contribution in [3.63, 3.8) is 0 Å². The van der Waals surface area contributed by atoms with Gasteiger partial charge in [-0.05, 0) is 32.0 Å². The Morgan fingerprint density at radius 2 is 2.29 bits per heavy atom. The van der Waals surface area contributed by atoms with Gasteiger partial charge in [-0.1, -0.05) is 11.8 Å². The monoisotopic (exact) mass is 293 g/mol. The molecule has 0 saturated heterocycles. The highest BCUT2D eigenvalue weighted by molar-refractivity contribution is 5.94. The van der Waals surface area contributed by atoms with Crippen LogP contribution < -0.4 is 5.32 Å². The first-order chi connectivity index (χ1) is 10.1. The summed E-state index contributed by atoms with van der Waals surface area (Å²) in [5, 5.41) is 11.2. The lowest BCUT2D eigenvalue weighted by Gasteiger charge is -2.12. The van der Waals surface area contributed by atoms with Crippen LogP contribution in [0.3, 0.4) is 0 Å². The summed E-state index contributed by atoms with van der Waals surface area (Å²) in [6.45, 7) is 4.55. The van der Waals surface area contributed by atoms with Crippen molar-refractivity contribution in [3.8, 4) is 11.8 Å². The summed E-state index contributed by atoms with van der Waals surface area (Å²) in [4.78, 5) is 11.9. The number of hydrogen-bond donors (Lipinski definition) is 2. The van der Waals surface area contributed by atoms with E-state index in [9.17, 15) is 9.18 Å². The van der Waals surface area contributed by atoms with Crippen molar-refractivity contribution in [3.05, 3.63) is 35.1 Å². The van der Waals surface area contributed by atoms with Crippen LogP contribution in [0.5, 0.6) is 0 Å². The van der Waals surface area contributed by atoms with Gasteiger partial charge in [0.2, 0.25) is 0 Å². The summed E-state index contributed by atoms with van der Waals surface area (Å²) < 4.78 is 19.2. The van der Waals surface area contributed by atoms with Crippen molar-refractivity contribution in [1.82, 2.24) is 5.32 Å². The van der Waals surface area contributed by atoms with E-state index >= 15 is 0 Å². The van der Waals surface area contributed by atoms with Gasteiger partial charge in [-0.2, -0.15) is 0 Å². The van der Waals surface area contributed by atoms with E-state index < -0.39 is 11.7 Å². The zero-order valence-electron chi connectivity index (χ0n) is 12.3. The predicted molar refractivity (Wildman–Crippen MR) is 78.4 cm³/mol. The van der Waals surface area contributed by atoms with Crippen molar-refractivity contribution in [2.24, 2.45) is 0 Å². The fraction of sp³-hybridized carbons (Fsp3) is 0.438. The Kier molecular flexibility index (Phi) is 7.44. The molecule has 1 aromatic carbocycles. The van der Waals surface area contributed by atoms with Gasteiger partial charge < -0.3 is 15.2 Å². The molecule has 114 valence electrons. The molecule has 0 heterocycles. The number of aliphatic hydroxyl groups excluding tert-OH is 1. The van der Waals surface area contributed by atoms with Crippen LogP contribution in [0.4, 0.5) is 4.39 Å². The summed E-state index contributed by atoms with van der Waals surface area (Å²) in [6.07, 6.45) is 0.213. The number of carbonyl (C=O) groups excluding carboxylic acids is 1. The standard InChI is InChI=1S/C16H20FNO3/c1-3-21-12(2)11-18-16(20)14-8-7-13(10-15(14)17)6-4-5-9-19/h7-8,10,12,19H,3,5,9,11H2,1-2H3,(H,18,20). The first-order valence-electron chi connectivity index (χ1n) is 6.87. The second-order valence-corrected chi connectivity index (χ2v) is 4.45. The minimum Gasteiger partial charge on any atom is -0.395 e. The van der Waals surface area contributed by atoms with Gasteiger partial charge in [-0.25, -0.2) is 4.39 Å². The van der Waals surface area contributed by atoms with Crippen LogP contribution in [0.1, 0.15) is 36.2 Å². The van der Waals surface area contributed by atoms with E-state index in [0.717, 1.165) is 0 Å². The van der Waals surface area contributed by atoms with Crippen molar-refractivity contribution >= 4 is 5.91 Å². The summed E-state index contributed by atoms with van der Waals surface area (Å²) in [7, 11) is 0. The van der Waals surface area contributed by atoms with Gasteiger partial charge in [-0.15, -0.1) is 0 Å². The van der Waals surface area contributed by atoms with Crippen LogP contribution in [0.2, 0.25) is 0 Å². The van der Waals surface area contributed by atoms with E-state index in [1.54, 1.807) is 6.07 Å². The Morgan fingerprint density at radius 1 is 1.52 bits per heavy atom. The van der Waals surface area contributed by atoms with E-state index in [4.69, 9.17) is 9.84 Å². The van der Waals surface area contributed by atoms with Crippen molar-refractivity contribution < 1.29 is 19.0 Å². The number of nitrogens with one attached hydrogen (secondary N) is 1. The molecule has 1 atom stereocenters. The predicted octanol–water partition coefficient (Wildman–Crippen LogP) is 1.71.